The maximum atomic E-state index is 5.20. The van der Waals surface area contributed by atoms with Gasteiger partial charge in [-0.15, -0.1) is 0 Å². The summed E-state index contributed by atoms with van der Waals surface area (Å²) < 4.78 is 5.20. The van der Waals surface area contributed by atoms with Crippen LogP contribution in [0.1, 0.15) is 31.7 Å². The second-order valence-corrected chi connectivity index (χ2v) is 4.64. The van der Waals surface area contributed by atoms with Gasteiger partial charge in [-0.05, 0) is 37.1 Å². The van der Waals surface area contributed by atoms with E-state index in [4.69, 9.17) is 4.74 Å². The monoisotopic (exact) mass is 219 g/mol. The number of hydrogen-bond donors (Lipinski definition) is 1. The zero-order valence-corrected chi connectivity index (χ0v) is 10.3. The van der Waals surface area contributed by atoms with E-state index < -0.39 is 0 Å². The first-order valence-electron chi connectivity index (χ1n) is 6.16. The highest BCUT2D eigenvalue weighted by Gasteiger charge is 2.37. The minimum Gasteiger partial charge on any atom is -0.497 e. The molecule has 0 heterocycles. The van der Waals surface area contributed by atoms with Gasteiger partial charge in [0.25, 0.3) is 0 Å². The molecule has 16 heavy (non-hydrogen) atoms. The maximum absolute atomic E-state index is 5.20. The predicted molar refractivity (Wildman–Crippen MR) is 67.1 cm³/mol. The van der Waals surface area contributed by atoms with Gasteiger partial charge in [0.15, 0.2) is 0 Å². The second kappa shape index (κ2) is 4.88. The largest absolute Gasteiger partial charge is 0.497 e. The third-order valence-corrected chi connectivity index (χ3v) is 3.73. The van der Waals surface area contributed by atoms with Crippen LogP contribution in [-0.4, -0.2) is 20.2 Å². The van der Waals surface area contributed by atoms with Crippen molar-refractivity contribution in [2.24, 2.45) is 0 Å². The predicted octanol–water partition coefficient (Wildman–Crippen LogP) is 2.73. The molecule has 1 aromatic carbocycles. The molecule has 0 bridgehead atoms. The molecule has 1 fully saturated rings. The summed E-state index contributed by atoms with van der Waals surface area (Å²) in [6, 6.07) is 8.58. The molecule has 0 aliphatic heterocycles. The summed E-state index contributed by atoms with van der Waals surface area (Å²) >= 11 is 0. The summed E-state index contributed by atoms with van der Waals surface area (Å²) in [5.41, 5.74) is 1.85. The highest BCUT2D eigenvalue weighted by atomic mass is 16.5. The Bertz CT molecular complexity index is 327. The molecule has 1 aromatic rings. The van der Waals surface area contributed by atoms with Gasteiger partial charge in [0, 0.05) is 12.0 Å². The van der Waals surface area contributed by atoms with Crippen LogP contribution in [0.5, 0.6) is 5.75 Å². The number of rotatable bonds is 5. The van der Waals surface area contributed by atoms with Crippen molar-refractivity contribution in [1.82, 2.24) is 5.32 Å². The fourth-order valence-electron chi connectivity index (χ4n) is 2.48. The topological polar surface area (TPSA) is 21.3 Å². The Morgan fingerprint density at radius 1 is 1.25 bits per heavy atom. The third kappa shape index (κ3) is 2.07. The standard InChI is InChI=1S/C14H21NO/c1-3-15-11-14(9-4-10-14)12-5-7-13(16-2)8-6-12/h5-8,15H,3-4,9-11H2,1-2H3. The molecule has 2 rings (SSSR count). The molecular formula is C14H21NO. The van der Waals surface area contributed by atoms with E-state index in [9.17, 15) is 0 Å². The van der Waals surface area contributed by atoms with Crippen molar-refractivity contribution in [2.45, 2.75) is 31.6 Å². The molecule has 0 spiro atoms. The summed E-state index contributed by atoms with van der Waals surface area (Å²) in [7, 11) is 1.72. The molecule has 1 N–H and O–H groups in total. The molecule has 2 heteroatoms. The van der Waals surface area contributed by atoms with Crippen LogP contribution in [0.2, 0.25) is 0 Å². The normalized spacial score (nSPS) is 17.9. The Kier molecular flexibility index (Phi) is 3.49. The van der Waals surface area contributed by atoms with Gasteiger partial charge in [0.2, 0.25) is 0 Å². The molecule has 88 valence electrons. The molecule has 1 aliphatic carbocycles. The smallest absolute Gasteiger partial charge is 0.118 e. The van der Waals surface area contributed by atoms with E-state index in [-0.39, 0.29) is 0 Å². The number of likely N-dealkylation sites (N-methyl/N-ethyl adjacent to an activating group) is 1. The van der Waals surface area contributed by atoms with Crippen LogP contribution in [-0.2, 0) is 5.41 Å². The number of benzene rings is 1. The Morgan fingerprint density at radius 2 is 1.94 bits per heavy atom. The number of nitrogens with one attached hydrogen (secondary N) is 1. The van der Waals surface area contributed by atoms with Crippen molar-refractivity contribution in [1.29, 1.82) is 0 Å². The fourth-order valence-corrected chi connectivity index (χ4v) is 2.48. The number of ether oxygens (including phenoxy) is 1. The van der Waals surface area contributed by atoms with E-state index in [1.807, 2.05) is 0 Å². The first-order chi connectivity index (χ1) is 7.80. The van der Waals surface area contributed by atoms with Gasteiger partial charge in [-0.1, -0.05) is 25.5 Å². The zero-order chi connectivity index (χ0) is 11.4. The molecule has 0 amide bonds. The highest BCUT2D eigenvalue weighted by molar-refractivity contribution is 5.34. The lowest BCUT2D eigenvalue weighted by Crippen LogP contribution is -2.43. The molecule has 0 saturated heterocycles. The van der Waals surface area contributed by atoms with E-state index in [1.54, 1.807) is 7.11 Å². The van der Waals surface area contributed by atoms with Crippen molar-refractivity contribution in [3.8, 4) is 5.75 Å². The van der Waals surface area contributed by atoms with Gasteiger partial charge in [0.1, 0.15) is 5.75 Å². The molecule has 0 atom stereocenters. The van der Waals surface area contributed by atoms with Crippen LogP contribution in [0, 0.1) is 0 Å². The van der Waals surface area contributed by atoms with Gasteiger partial charge in [0.05, 0.1) is 7.11 Å². The van der Waals surface area contributed by atoms with Gasteiger partial charge in [-0.2, -0.15) is 0 Å². The van der Waals surface area contributed by atoms with Crippen molar-refractivity contribution in [3.05, 3.63) is 29.8 Å². The van der Waals surface area contributed by atoms with Crippen LogP contribution in [0.3, 0.4) is 0 Å². The fraction of sp³-hybridized carbons (Fsp3) is 0.571. The van der Waals surface area contributed by atoms with Gasteiger partial charge in [-0.25, -0.2) is 0 Å². The summed E-state index contributed by atoms with van der Waals surface area (Å²) in [4.78, 5) is 0. The van der Waals surface area contributed by atoms with Crippen LogP contribution >= 0.6 is 0 Å². The van der Waals surface area contributed by atoms with Gasteiger partial charge >= 0.3 is 0 Å². The van der Waals surface area contributed by atoms with Gasteiger partial charge in [-0.3, -0.25) is 0 Å². The van der Waals surface area contributed by atoms with E-state index in [0.717, 1.165) is 18.8 Å². The van der Waals surface area contributed by atoms with E-state index in [2.05, 4.69) is 36.5 Å². The molecule has 1 aliphatic rings. The van der Waals surface area contributed by atoms with Crippen LogP contribution in [0.4, 0.5) is 0 Å². The quantitative estimate of drug-likeness (QED) is 0.822. The maximum Gasteiger partial charge on any atom is 0.118 e. The van der Waals surface area contributed by atoms with Crippen molar-refractivity contribution < 1.29 is 4.74 Å². The summed E-state index contributed by atoms with van der Waals surface area (Å²) in [6.07, 6.45) is 3.98. The molecule has 2 nitrogen and oxygen atoms in total. The van der Waals surface area contributed by atoms with E-state index >= 15 is 0 Å². The Balaban J connectivity index is 2.13. The highest BCUT2D eigenvalue weighted by Crippen LogP contribution is 2.43. The molecule has 0 aromatic heterocycles. The Morgan fingerprint density at radius 3 is 2.38 bits per heavy atom. The lowest BCUT2D eigenvalue weighted by molar-refractivity contribution is 0.235. The zero-order valence-electron chi connectivity index (χ0n) is 10.3. The second-order valence-electron chi connectivity index (χ2n) is 4.64. The van der Waals surface area contributed by atoms with Crippen molar-refractivity contribution >= 4 is 0 Å². The first-order valence-corrected chi connectivity index (χ1v) is 6.16. The minimum absolute atomic E-state index is 0.391. The van der Waals surface area contributed by atoms with E-state index in [0.29, 0.717) is 5.41 Å². The molecule has 0 unspecified atom stereocenters. The van der Waals surface area contributed by atoms with Gasteiger partial charge < -0.3 is 10.1 Å². The lowest BCUT2D eigenvalue weighted by atomic mass is 9.64. The van der Waals surface area contributed by atoms with E-state index in [1.165, 1.54) is 24.8 Å². The average Bonchev–Trinajstić information content (AvgIpc) is 2.29. The minimum atomic E-state index is 0.391. The summed E-state index contributed by atoms with van der Waals surface area (Å²) in [5.74, 6) is 0.946. The Hall–Kier alpha value is -1.02. The number of hydrogen-bond acceptors (Lipinski definition) is 2. The number of methoxy groups -OCH3 is 1. The SMILES string of the molecule is CCNCC1(c2ccc(OC)cc2)CCC1. The van der Waals surface area contributed by atoms with Crippen LogP contribution < -0.4 is 10.1 Å². The van der Waals surface area contributed by atoms with Crippen molar-refractivity contribution in [2.75, 3.05) is 20.2 Å². The molecule has 0 radical (unpaired) electrons. The summed E-state index contributed by atoms with van der Waals surface area (Å²) in [5, 5.41) is 3.49. The first kappa shape index (κ1) is 11.5. The molecular weight excluding hydrogens is 198 g/mol. The Labute approximate surface area is 98.0 Å². The average molecular weight is 219 g/mol. The summed E-state index contributed by atoms with van der Waals surface area (Å²) in [6.45, 7) is 4.33. The van der Waals surface area contributed by atoms with Crippen LogP contribution in [0.25, 0.3) is 0 Å². The van der Waals surface area contributed by atoms with Crippen molar-refractivity contribution in [3.63, 3.8) is 0 Å². The lowest BCUT2D eigenvalue weighted by Gasteiger charge is -2.42. The third-order valence-electron chi connectivity index (χ3n) is 3.73. The van der Waals surface area contributed by atoms with Crippen LogP contribution in [0.15, 0.2) is 24.3 Å². The molecule has 1 saturated carbocycles.